The Morgan fingerprint density at radius 1 is 0.554 bits per heavy atom. The predicted octanol–water partition coefficient (Wildman–Crippen LogP) is 13.0. The lowest BCUT2D eigenvalue weighted by Gasteiger charge is -2.20. The van der Waals surface area contributed by atoms with Crippen molar-refractivity contribution in [3.05, 3.63) is 24.3 Å². The van der Waals surface area contributed by atoms with Gasteiger partial charge < -0.3 is 24.6 Å². The zero-order valence-electron chi connectivity index (χ0n) is 36.4. The van der Waals surface area contributed by atoms with E-state index in [9.17, 15) is 19.4 Å². The van der Waals surface area contributed by atoms with E-state index in [1.807, 2.05) is 0 Å². The highest BCUT2D eigenvalue weighted by molar-refractivity contribution is 7.47. The Labute approximate surface area is 344 Å². The topological polar surface area (TPSA) is 132 Å². The van der Waals surface area contributed by atoms with Crippen molar-refractivity contribution >= 4 is 13.8 Å². The van der Waals surface area contributed by atoms with E-state index in [1.165, 1.54) is 141 Å². The SMILES string of the molecule is CCCCCC/C=C\C/C=C\CCCCCCCC(=O)OC(COCCCCCCCCCCCCCCCCCCCCC)COP(=O)(O)OCC(O)CO. The van der Waals surface area contributed by atoms with Gasteiger partial charge in [-0.25, -0.2) is 4.57 Å². The molecule has 0 aromatic rings. The fourth-order valence-electron chi connectivity index (χ4n) is 6.56. The standard InChI is InChI=1S/C46H89O9P/c1-3-5-7-9-11-13-15-17-19-21-22-23-25-27-29-31-33-35-37-39-52-42-45(43-54-56(50,51)53-41-44(48)40-47)55-46(49)38-36-34-32-30-28-26-24-20-18-16-14-12-10-8-6-4-2/h14,16,20,24,44-45,47-48H,3-13,15,17-19,21-23,25-43H2,1-2H3,(H,50,51)/b16-14-,24-20-. The van der Waals surface area contributed by atoms with Crippen LogP contribution in [0.15, 0.2) is 24.3 Å². The Balaban J connectivity index is 4.12. The molecule has 0 aliphatic heterocycles. The fourth-order valence-corrected chi connectivity index (χ4v) is 7.35. The van der Waals surface area contributed by atoms with Crippen LogP contribution in [0.1, 0.15) is 219 Å². The lowest BCUT2D eigenvalue weighted by Crippen LogP contribution is -2.29. The molecule has 56 heavy (non-hydrogen) atoms. The van der Waals surface area contributed by atoms with Gasteiger partial charge in [-0.05, 0) is 44.9 Å². The summed E-state index contributed by atoms with van der Waals surface area (Å²) in [5, 5.41) is 18.4. The van der Waals surface area contributed by atoms with Gasteiger partial charge in [-0.3, -0.25) is 13.8 Å². The summed E-state index contributed by atoms with van der Waals surface area (Å²) in [7, 11) is -4.52. The molecule has 0 bridgehead atoms. The molecule has 0 fully saturated rings. The van der Waals surface area contributed by atoms with Gasteiger partial charge in [0.25, 0.3) is 0 Å². The zero-order chi connectivity index (χ0) is 41.1. The van der Waals surface area contributed by atoms with Crippen LogP contribution in [0, 0.1) is 0 Å². The second-order valence-electron chi connectivity index (χ2n) is 15.8. The van der Waals surface area contributed by atoms with E-state index < -0.39 is 39.2 Å². The van der Waals surface area contributed by atoms with E-state index in [4.69, 9.17) is 23.6 Å². The van der Waals surface area contributed by atoms with Gasteiger partial charge >= 0.3 is 13.8 Å². The van der Waals surface area contributed by atoms with Gasteiger partial charge in [0.05, 0.1) is 26.4 Å². The third-order valence-corrected chi connectivity index (χ3v) is 11.1. The summed E-state index contributed by atoms with van der Waals surface area (Å²) in [4.78, 5) is 22.6. The van der Waals surface area contributed by atoms with Crippen molar-refractivity contribution < 1.29 is 43.0 Å². The number of ether oxygens (including phenoxy) is 2. The van der Waals surface area contributed by atoms with Crippen molar-refractivity contribution in [1.82, 2.24) is 0 Å². The minimum absolute atomic E-state index is 0.0479. The number of hydrogen-bond donors (Lipinski definition) is 3. The number of hydrogen-bond acceptors (Lipinski definition) is 8. The predicted molar refractivity (Wildman–Crippen MR) is 233 cm³/mol. The van der Waals surface area contributed by atoms with Crippen molar-refractivity contribution in [2.75, 3.05) is 33.0 Å². The Kier molecular flexibility index (Phi) is 42.7. The molecule has 0 aromatic carbocycles. The second-order valence-corrected chi connectivity index (χ2v) is 17.2. The Morgan fingerprint density at radius 2 is 0.964 bits per heavy atom. The molecular weight excluding hydrogens is 727 g/mol. The molecule has 0 heterocycles. The highest BCUT2D eigenvalue weighted by atomic mass is 31.2. The molecule has 0 spiro atoms. The van der Waals surface area contributed by atoms with Gasteiger partial charge in [0.2, 0.25) is 0 Å². The zero-order valence-corrected chi connectivity index (χ0v) is 37.3. The first-order valence-corrected chi connectivity index (χ1v) is 24.8. The van der Waals surface area contributed by atoms with Crippen LogP contribution < -0.4 is 0 Å². The number of allylic oxidation sites excluding steroid dienone is 4. The highest BCUT2D eigenvalue weighted by Gasteiger charge is 2.26. The van der Waals surface area contributed by atoms with Crippen molar-refractivity contribution in [1.29, 1.82) is 0 Å². The lowest BCUT2D eigenvalue weighted by atomic mass is 10.0. The average Bonchev–Trinajstić information content (AvgIpc) is 3.19. The second kappa shape index (κ2) is 43.5. The van der Waals surface area contributed by atoms with E-state index in [0.717, 1.165) is 51.4 Å². The quantitative estimate of drug-likeness (QED) is 0.0238. The molecular formula is C46H89O9P. The maximum absolute atomic E-state index is 12.6. The van der Waals surface area contributed by atoms with Gasteiger partial charge in [0.1, 0.15) is 12.2 Å². The highest BCUT2D eigenvalue weighted by Crippen LogP contribution is 2.43. The molecule has 0 radical (unpaired) electrons. The number of esters is 1. The number of unbranched alkanes of at least 4 members (excludes halogenated alkanes) is 27. The third-order valence-electron chi connectivity index (χ3n) is 10.1. The van der Waals surface area contributed by atoms with Crippen LogP contribution in [0.4, 0.5) is 0 Å². The number of phosphoric ester groups is 1. The summed E-state index contributed by atoms with van der Waals surface area (Å²) in [6.07, 6.45) is 45.6. The summed E-state index contributed by atoms with van der Waals surface area (Å²) >= 11 is 0. The van der Waals surface area contributed by atoms with Gasteiger partial charge in [-0.15, -0.1) is 0 Å². The molecule has 0 saturated heterocycles. The van der Waals surface area contributed by atoms with Gasteiger partial charge in [0, 0.05) is 13.0 Å². The number of rotatable bonds is 45. The van der Waals surface area contributed by atoms with E-state index in [2.05, 4.69) is 38.2 Å². The smallest absolute Gasteiger partial charge is 0.457 e. The van der Waals surface area contributed by atoms with E-state index >= 15 is 0 Å². The fraction of sp³-hybridized carbons (Fsp3) is 0.891. The van der Waals surface area contributed by atoms with Gasteiger partial charge in [-0.2, -0.15) is 0 Å². The van der Waals surface area contributed by atoms with Crippen molar-refractivity contribution in [2.24, 2.45) is 0 Å². The van der Waals surface area contributed by atoms with Crippen LogP contribution in [0.3, 0.4) is 0 Å². The average molecular weight is 817 g/mol. The molecule has 0 aliphatic rings. The van der Waals surface area contributed by atoms with E-state index in [0.29, 0.717) is 13.0 Å². The normalized spacial score (nSPS) is 14.2. The Morgan fingerprint density at radius 3 is 1.45 bits per heavy atom. The minimum Gasteiger partial charge on any atom is -0.457 e. The molecule has 0 aliphatic carbocycles. The maximum atomic E-state index is 12.6. The van der Waals surface area contributed by atoms with Gasteiger partial charge in [-0.1, -0.05) is 192 Å². The molecule has 3 unspecified atom stereocenters. The van der Waals surface area contributed by atoms with Crippen LogP contribution >= 0.6 is 7.82 Å². The van der Waals surface area contributed by atoms with Crippen molar-refractivity contribution in [2.45, 2.75) is 232 Å². The van der Waals surface area contributed by atoms with Crippen LogP contribution in [0.2, 0.25) is 0 Å². The summed E-state index contributed by atoms with van der Waals surface area (Å²) in [5.41, 5.74) is 0. The molecule has 0 rings (SSSR count). The molecule has 3 atom stereocenters. The number of carbonyl (C=O) groups excluding carboxylic acids is 1. The summed E-state index contributed by atoms with van der Waals surface area (Å²) < 4.78 is 33.4. The Hall–Kier alpha value is -1.06. The first-order valence-electron chi connectivity index (χ1n) is 23.3. The summed E-state index contributed by atoms with van der Waals surface area (Å²) in [6, 6.07) is 0. The Bertz CT molecular complexity index is 928. The van der Waals surface area contributed by atoms with Crippen LogP contribution in [-0.2, 0) is 27.9 Å². The van der Waals surface area contributed by atoms with E-state index in [-0.39, 0.29) is 19.6 Å². The largest absolute Gasteiger partial charge is 0.472 e. The summed E-state index contributed by atoms with van der Waals surface area (Å²) in [5.74, 6) is -0.392. The molecule has 332 valence electrons. The monoisotopic (exact) mass is 817 g/mol. The van der Waals surface area contributed by atoms with E-state index in [1.54, 1.807) is 0 Å². The number of aliphatic hydroxyl groups excluding tert-OH is 2. The van der Waals surface area contributed by atoms with Crippen LogP contribution in [0.25, 0.3) is 0 Å². The van der Waals surface area contributed by atoms with Crippen LogP contribution in [-0.4, -0.2) is 66.3 Å². The van der Waals surface area contributed by atoms with Crippen LogP contribution in [0.5, 0.6) is 0 Å². The summed E-state index contributed by atoms with van der Waals surface area (Å²) in [6.45, 7) is 3.52. The van der Waals surface area contributed by atoms with Crippen molar-refractivity contribution in [3.63, 3.8) is 0 Å². The first-order chi connectivity index (χ1) is 27.3. The third kappa shape index (κ3) is 42.5. The minimum atomic E-state index is -4.52. The molecule has 0 saturated carbocycles. The molecule has 9 nitrogen and oxygen atoms in total. The van der Waals surface area contributed by atoms with Crippen molar-refractivity contribution in [3.8, 4) is 0 Å². The number of phosphoric acid groups is 1. The molecule has 0 amide bonds. The molecule has 10 heteroatoms. The van der Waals surface area contributed by atoms with Gasteiger partial charge in [0.15, 0.2) is 0 Å². The molecule has 0 aromatic heterocycles. The number of aliphatic hydroxyl groups is 2. The lowest BCUT2D eigenvalue weighted by molar-refractivity contribution is -0.154. The number of carbonyl (C=O) groups is 1. The maximum Gasteiger partial charge on any atom is 0.472 e. The molecule has 3 N–H and O–H groups in total. The first kappa shape index (κ1) is 54.9.